The summed E-state index contributed by atoms with van der Waals surface area (Å²) in [5, 5.41) is 0.510. The summed E-state index contributed by atoms with van der Waals surface area (Å²) < 4.78 is 10.1. The normalized spacial score (nSPS) is 10.7. The molecule has 0 fully saturated rings. The monoisotopic (exact) mass is 344 g/mol. The molecular formula is C16H18Cl2O4. The highest BCUT2D eigenvalue weighted by Crippen LogP contribution is 2.31. The van der Waals surface area contributed by atoms with Crippen LogP contribution in [0.3, 0.4) is 0 Å². The van der Waals surface area contributed by atoms with Gasteiger partial charge in [0.1, 0.15) is 11.6 Å². The van der Waals surface area contributed by atoms with Gasteiger partial charge in [-0.3, -0.25) is 9.59 Å². The maximum Gasteiger partial charge on any atom is 0.311 e. The lowest BCUT2D eigenvalue weighted by Gasteiger charge is -2.07. The van der Waals surface area contributed by atoms with E-state index in [1.165, 1.54) is 0 Å². The Kier molecular flexibility index (Phi) is 8.63. The van der Waals surface area contributed by atoms with E-state index >= 15 is 0 Å². The first-order valence-corrected chi connectivity index (χ1v) is 7.75. The number of rotatable bonds is 8. The Balaban J connectivity index is 2.27. The topological polar surface area (TPSA) is 52.6 Å². The highest BCUT2D eigenvalue weighted by Gasteiger charge is 2.11. The number of benzene rings is 1. The predicted octanol–water partition coefficient (Wildman–Crippen LogP) is 4.58. The van der Waals surface area contributed by atoms with Crippen LogP contribution in [-0.2, 0) is 14.3 Å². The minimum atomic E-state index is -0.470. The standard InChI is InChI=1S/C16H18Cl2O4/c1-2-3-4-11-21-14(19)9-6-10-15(20)22-13-8-5-7-12(17)16(13)18/h3-5,7-8H,2,6,9-11H2,1H3/b4-3+. The van der Waals surface area contributed by atoms with Crippen molar-refractivity contribution in [2.45, 2.75) is 32.6 Å². The second-order valence-electron chi connectivity index (χ2n) is 4.44. The van der Waals surface area contributed by atoms with Gasteiger partial charge in [-0.15, -0.1) is 0 Å². The number of carbonyl (C=O) groups is 2. The average Bonchev–Trinajstić information content (AvgIpc) is 2.48. The van der Waals surface area contributed by atoms with E-state index in [2.05, 4.69) is 0 Å². The van der Waals surface area contributed by atoms with Crippen LogP contribution in [0.2, 0.25) is 10.0 Å². The van der Waals surface area contributed by atoms with Crippen LogP contribution in [0.1, 0.15) is 32.6 Å². The third-order valence-electron chi connectivity index (χ3n) is 2.64. The van der Waals surface area contributed by atoms with Crippen molar-refractivity contribution in [2.75, 3.05) is 6.61 Å². The molecule has 4 nitrogen and oxygen atoms in total. The average molecular weight is 345 g/mol. The Morgan fingerprint density at radius 1 is 1.14 bits per heavy atom. The summed E-state index contributed by atoms with van der Waals surface area (Å²) in [4.78, 5) is 23.1. The van der Waals surface area contributed by atoms with Crippen molar-refractivity contribution in [2.24, 2.45) is 0 Å². The highest BCUT2D eigenvalue weighted by molar-refractivity contribution is 6.43. The zero-order valence-corrected chi connectivity index (χ0v) is 13.8. The van der Waals surface area contributed by atoms with E-state index in [0.717, 1.165) is 6.42 Å². The minimum absolute atomic E-state index is 0.0999. The van der Waals surface area contributed by atoms with Crippen molar-refractivity contribution in [1.29, 1.82) is 0 Å². The maximum atomic E-state index is 11.7. The number of ether oxygens (including phenoxy) is 2. The number of esters is 2. The molecule has 0 aromatic heterocycles. The van der Waals surface area contributed by atoms with Gasteiger partial charge in [0, 0.05) is 12.8 Å². The smallest absolute Gasteiger partial charge is 0.311 e. The summed E-state index contributed by atoms with van der Waals surface area (Å²) in [5.41, 5.74) is 0. The molecule has 1 rings (SSSR count). The van der Waals surface area contributed by atoms with E-state index in [1.807, 2.05) is 13.0 Å². The highest BCUT2D eigenvalue weighted by atomic mass is 35.5. The molecule has 0 aliphatic carbocycles. The summed E-state index contributed by atoms with van der Waals surface area (Å²) in [5.74, 6) is -0.594. The molecule has 22 heavy (non-hydrogen) atoms. The van der Waals surface area contributed by atoms with Crippen LogP contribution in [0.25, 0.3) is 0 Å². The van der Waals surface area contributed by atoms with Gasteiger partial charge < -0.3 is 9.47 Å². The Labute approximate surface area is 140 Å². The molecule has 0 bridgehead atoms. The number of allylic oxidation sites excluding steroid dienone is 1. The molecule has 0 amide bonds. The van der Waals surface area contributed by atoms with Crippen LogP contribution in [0, 0.1) is 0 Å². The van der Waals surface area contributed by atoms with Gasteiger partial charge in [0.05, 0.1) is 5.02 Å². The molecule has 0 N–H and O–H groups in total. The van der Waals surface area contributed by atoms with E-state index in [4.69, 9.17) is 32.7 Å². The first-order chi connectivity index (χ1) is 10.5. The second-order valence-corrected chi connectivity index (χ2v) is 5.23. The largest absolute Gasteiger partial charge is 0.461 e. The van der Waals surface area contributed by atoms with Crippen LogP contribution in [0.4, 0.5) is 0 Å². The summed E-state index contributed by atoms with van der Waals surface area (Å²) in [7, 11) is 0. The lowest BCUT2D eigenvalue weighted by atomic mass is 10.2. The van der Waals surface area contributed by atoms with Gasteiger partial charge in [-0.25, -0.2) is 0 Å². The number of halogens is 2. The molecule has 0 radical (unpaired) electrons. The SMILES string of the molecule is CC/C=C/COC(=O)CCCC(=O)Oc1cccc(Cl)c1Cl. The fourth-order valence-corrected chi connectivity index (χ4v) is 1.89. The van der Waals surface area contributed by atoms with E-state index < -0.39 is 5.97 Å². The van der Waals surface area contributed by atoms with E-state index in [0.29, 0.717) is 11.4 Å². The van der Waals surface area contributed by atoms with Gasteiger partial charge in [-0.05, 0) is 25.0 Å². The molecule has 120 valence electrons. The molecule has 6 heteroatoms. The Morgan fingerprint density at radius 3 is 2.59 bits per heavy atom. The molecule has 0 atom stereocenters. The molecule has 1 aromatic carbocycles. The molecule has 0 saturated carbocycles. The summed E-state index contributed by atoms with van der Waals surface area (Å²) in [6, 6.07) is 4.79. The molecule has 0 unspecified atom stereocenters. The third kappa shape index (κ3) is 6.96. The van der Waals surface area contributed by atoms with E-state index in [-0.39, 0.29) is 36.2 Å². The Morgan fingerprint density at radius 2 is 1.86 bits per heavy atom. The van der Waals surface area contributed by atoms with Crippen LogP contribution >= 0.6 is 23.2 Å². The Hall–Kier alpha value is -1.52. The van der Waals surface area contributed by atoms with Crippen LogP contribution in [-0.4, -0.2) is 18.5 Å². The third-order valence-corrected chi connectivity index (χ3v) is 3.45. The van der Waals surface area contributed by atoms with Crippen LogP contribution in [0.5, 0.6) is 5.75 Å². The number of hydrogen-bond acceptors (Lipinski definition) is 4. The van der Waals surface area contributed by atoms with Crippen molar-refractivity contribution in [3.05, 3.63) is 40.4 Å². The van der Waals surface area contributed by atoms with Gasteiger partial charge in [0.15, 0.2) is 5.75 Å². The van der Waals surface area contributed by atoms with Gasteiger partial charge in [-0.2, -0.15) is 0 Å². The van der Waals surface area contributed by atoms with Gasteiger partial charge in [0.25, 0.3) is 0 Å². The van der Waals surface area contributed by atoms with Crippen molar-refractivity contribution in [1.82, 2.24) is 0 Å². The molecular weight excluding hydrogens is 327 g/mol. The number of carbonyl (C=O) groups excluding carboxylic acids is 2. The lowest BCUT2D eigenvalue weighted by molar-refractivity contribution is -0.142. The predicted molar refractivity (Wildman–Crippen MR) is 86.3 cm³/mol. The quantitative estimate of drug-likeness (QED) is 0.393. The molecule has 0 saturated heterocycles. The molecule has 0 spiro atoms. The fraction of sp³-hybridized carbons (Fsp3) is 0.375. The fourth-order valence-electron chi connectivity index (χ4n) is 1.56. The van der Waals surface area contributed by atoms with E-state index in [1.54, 1.807) is 24.3 Å². The maximum absolute atomic E-state index is 11.7. The molecule has 0 aliphatic rings. The zero-order valence-electron chi connectivity index (χ0n) is 12.3. The van der Waals surface area contributed by atoms with Crippen LogP contribution < -0.4 is 4.74 Å². The van der Waals surface area contributed by atoms with Gasteiger partial charge in [0.2, 0.25) is 0 Å². The molecule has 1 aromatic rings. The van der Waals surface area contributed by atoms with Crippen molar-refractivity contribution in [3.63, 3.8) is 0 Å². The second kappa shape index (κ2) is 10.2. The van der Waals surface area contributed by atoms with Gasteiger partial charge >= 0.3 is 11.9 Å². The summed E-state index contributed by atoms with van der Waals surface area (Å²) in [6.07, 6.45) is 5.22. The minimum Gasteiger partial charge on any atom is -0.461 e. The summed E-state index contributed by atoms with van der Waals surface area (Å²) in [6.45, 7) is 2.26. The summed E-state index contributed by atoms with van der Waals surface area (Å²) >= 11 is 11.7. The van der Waals surface area contributed by atoms with Crippen molar-refractivity contribution in [3.8, 4) is 5.75 Å². The van der Waals surface area contributed by atoms with E-state index in [9.17, 15) is 9.59 Å². The first kappa shape index (κ1) is 18.5. The van der Waals surface area contributed by atoms with Crippen LogP contribution in [0.15, 0.2) is 30.4 Å². The first-order valence-electron chi connectivity index (χ1n) is 7.00. The lowest BCUT2D eigenvalue weighted by Crippen LogP contribution is -2.10. The molecule has 0 heterocycles. The van der Waals surface area contributed by atoms with Gasteiger partial charge in [-0.1, -0.05) is 48.3 Å². The molecule has 0 aliphatic heterocycles. The Bertz CT molecular complexity index is 541. The number of hydrogen-bond donors (Lipinski definition) is 0. The van der Waals surface area contributed by atoms with Crippen molar-refractivity contribution >= 4 is 35.1 Å². The zero-order chi connectivity index (χ0) is 16.4. The van der Waals surface area contributed by atoms with Crippen molar-refractivity contribution < 1.29 is 19.1 Å².